The number of thioether (sulfide) groups is 1. The van der Waals surface area contributed by atoms with Crippen LogP contribution in [0.2, 0.25) is 0 Å². The molecule has 0 bridgehead atoms. The molecule has 1 saturated heterocycles. The van der Waals surface area contributed by atoms with Crippen LogP contribution in [-0.4, -0.2) is 42.9 Å². The van der Waals surface area contributed by atoms with Gasteiger partial charge in [-0.25, -0.2) is 9.38 Å². The van der Waals surface area contributed by atoms with Crippen LogP contribution in [0.1, 0.15) is 12.5 Å². The lowest BCUT2D eigenvalue weighted by Gasteiger charge is -2.31. The quantitative estimate of drug-likeness (QED) is 0.350. The maximum atomic E-state index is 13.3. The normalized spacial score (nSPS) is 19.3. The first kappa shape index (κ1) is 18.5. The monoisotopic (exact) mass is 425 g/mol. The fourth-order valence-corrected chi connectivity index (χ4v) is 2.75. The Morgan fingerprint density at radius 3 is 3.00 bits per heavy atom. The number of aliphatic imine (C=N–C) groups is 1. The molecule has 0 amide bonds. The van der Waals surface area contributed by atoms with Crippen molar-refractivity contribution < 1.29 is 9.13 Å². The molecule has 1 unspecified atom stereocenters. The zero-order valence-electron chi connectivity index (χ0n) is 12.2. The molecule has 1 aliphatic rings. The molecule has 1 aromatic carbocycles. The topological polar surface area (TPSA) is 50.8 Å². The highest BCUT2D eigenvalue weighted by Gasteiger charge is 2.18. The molecular weight excluding hydrogens is 404 g/mol. The third-order valence-corrected chi connectivity index (χ3v) is 4.06. The van der Waals surface area contributed by atoms with Gasteiger partial charge >= 0.3 is 0 Å². The van der Waals surface area contributed by atoms with Gasteiger partial charge in [-0.1, -0.05) is 0 Å². The van der Waals surface area contributed by atoms with Crippen molar-refractivity contribution in [1.82, 2.24) is 4.90 Å². The first-order valence-corrected chi connectivity index (χ1v) is 7.81. The van der Waals surface area contributed by atoms with E-state index in [2.05, 4.69) is 4.99 Å². The fraction of sp³-hybridized carbons (Fsp3) is 0.500. The second kappa shape index (κ2) is 8.79. The Bertz CT molecular complexity index is 501. The number of hydrogen-bond donors (Lipinski definition) is 1. The predicted molar refractivity (Wildman–Crippen MR) is 95.9 cm³/mol. The molecule has 1 aromatic rings. The first-order valence-electron chi connectivity index (χ1n) is 6.59. The van der Waals surface area contributed by atoms with Gasteiger partial charge in [-0.2, -0.15) is 0 Å². The predicted octanol–water partition coefficient (Wildman–Crippen LogP) is 2.70. The van der Waals surface area contributed by atoms with Crippen LogP contribution in [0.15, 0.2) is 28.1 Å². The maximum Gasteiger partial charge on any atom is 0.191 e. The molecule has 1 atom stereocenters. The summed E-state index contributed by atoms with van der Waals surface area (Å²) < 4.78 is 18.8. The molecule has 1 aliphatic heterocycles. The van der Waals surface area contributed by atoms with E-state index < -0.39 is 0 Å². The minimum Gasteiger partial charge on any atom is -0.375 e. The lowest BCUT2D eigenvalue weighted by atomic mass is 10.2. The van der Waals surface area contributed by atoms with E-state index in [0.29, 0.717) is 19.1 Å². The summed E-state index contributed by atoms with van der Waals surface area (Å²) >= 11 is 1.58. The number of nitrogens with zero attached hydrogens (tertiary/aromatic N) is 2. The molecule has 0 spiro atoms. The lowest BCUT2D eigenvalue weighted by Crippen LogP contribution is -2.47. The average molecular weight is 425 g/mol. The van der Waals surface area contributed by atoms with Gasteiger partial charge in [0, 0.05) is 18.0 Å². The summed E-state index contributed by atoms with van der Waals surface area (Å²) in [5, 5.41) is 0. The third-order valence-electron chi connectivity index (χ3n) is 3.22. The van der Waals surface area contributed by atoms with Crippen LogP contribution in [0.25, 0.3) is 0 Å². The maximum absolute atomic E-state index is 13.3. The van der Waals surface area contributed by atoms with E-state index in [4.69, 9.17) is 10.5 Å². The van der Waals surface area contributed by atoms with Gasteiger partial charge in [0.05, 0.1) is 19.3 Å². The van der Waals surface area contributed by atoms with E-state index in [1.807, 2.05) is 18.1 Å². The molecule has 0 saturated carbocycles. The Kier molecular flexibility index (Phi) is 7.75. The van der Waals surface area contributed by atoms with Gasteiger partial charge in [-0.05, 0) is 36.9 Å². The van der Waals surface area contributed by atoms with Crippen molar-refractivity contribution in [3.05, 3.63) is 29.6 Å². The molecule has 0 radical (unpaired) electrons. The van der Waals surface area contributed by atoms with Crippen LogP contribution >= 0.6 is 35.7 Å². The number of guanidine groups is 1. The van der Waals surface area contributed by atoms with Gasteiger partial charge in [0.1, 0.15) is 5.82 Å². The Morgan fingerprint density at radius 1 is 1.57 bits per heavy atom. The van der Waals surface area contributed by atoms with Gasteiger partial charge in [-0.15, -0.1) is 35.7 Å². The van der Waals surface area contributed by atoms with Gasteiger partial charge in [0.15, 0.2) is 5.96 Å². The second-order valence-corrected chi connectivity index (χ2v) is 5.61. The number of halogens is 2. The van der Waals surface area contributed by atoms with Crippen LogP contribution in [0.3, 0.4) is 0 Å². The number of benzene rings is 1. The van der Waals surface area contributed by atoms with Crippen molar-refractivity contribution in [3.63, 3.8) is 0 Å². The van der Waals surface area contributed by atoms with Gasteiger partial charge in [0.25, 0.3) is 0 Å². The number of hydrogen-bond acceptors (Lipinski definition) is 3. The van der Waals surface area contributed by atoms with E-state index in [0.717, 1.165) is 23.5 Å². The fourth-order valence-electron chi connectivity index (χ4n) is 2.16. The molecule has 4 nitrogen and oxygen atoms in total. The van der Waals surface area contributed by atoms with E-state index in [-0.39, 0.29) is 35.9 Å². The molecule has 0 aromatic heterocycles. The standard InChI is InChI=1S/C14H20FN3OS.HI/c1-10-9-18(5-6-19-10)14(16)17-8-11-7-12(15)3-4-13(11)20-2;/h3-4,7,10H,5-6,8-9H2,1-2H3,(H2,16,17);1H. The molecule has 0 aliphatic carbocycles. The Balaban J connectivity index is 0.00000220. The smallest absolute Gasteiger partial charge is 0.191 e. The summed E-state index contributed by atoms with van der Waals surface area (Å²) in [4.78, 5) is 7.42. The van der Waals surface area contributed by atoms with Crippen molar-refractivity contribution in [2.24, 2.45) is 10.7 Å². The van der Waals surface area contributed by atoms with Crippen LogP contribution < -0.4 is 5.73 Å². The number of morpholine rings is 1. The molecule has 118 valence electrons. The highest BCUT2D eigenvalue weighted by atomic mass is 127. The van der Waals surface area contributed by atoms with Crippen LogP contribution in [0.5, 0.6) is 0 Å². The van der Waals surface area contributed by atoms with Crippen LogP contribution in [-0.2, 0) is 11.3 Å². The van der Waals surface area contributed by atoms with Crippen molar-refractivity contribution in [2.45, 2.75) is 24.5 Å². The van der Waals surface area contributed by atoms with Crippen molar-refractivity contribution in [3.8, 4) is 0 Å². The van der Waals surface area contributed by atoms with Crippen molar-refractivity contribution >= 4 is 41.7 Å². The summed E-state index contributed by atoms with van der Waals surface area (Å²) in [5.41, 5.74) is 6.87. The molecule has 21 heavy (non-hydrogen) atoms. The number of rotatable bonds is 3. The zero-order valence-corrected chi connectivity index (χ0v) is 15.4. The number of nitrogens with two attached hydrogens (primary N) is 1. The summed E-state index contributed by atoms with van der Waals surface area (Å²) in [7, 11) is 0. The Hall–Kier alpha value is -0.540. The highest BCUT2D eigenvalue weighted by molar-refractivity contribution is 14.0. The zero-order chi connectivity index (χ0) is 14.5. The third kappa shape index (κ3) is 5.30. The molecule has 2 N–H and O–H groups in total. The summed E-state index contributed by atoms with van der Waals surface area (Å²) in [5.74, 6) is 0.253. The van der Waals surface area contributed by atoms with Gasteiger partial charge < -0.3 is 15.4 Å². The lowest BCUT2D eigenvalue weighted by molar-refractivity contribution is 0.00528. The van der Waals surface area contributed by atoms with Gasteiger partial charge in [0.2, 0.25) is 0 Å². The van der Waals surface area contributed by atoms with E-state index in [1.165, 1.54) is 12.1 Å². The van der Waals surface area contributed by atoms with E-state index in [9.17, 15) is 4.39 Å². The molecule has 2 rings (SSSR count). The van der Waals surface area contributed by atoms with Crippen molar-refractivity contribution in [1.29, 1.82) is 0 Å². The SMILES string of the molecule is CSc1ccc(F)cc1CN=C(N)N1CCOC(C)C1.I. The van der Waals surface area contributed by atoms with Crippen LogP contribution in [0.4, 0.5) is 4.39 Å². The molecule has 1 fully saturated rings. The Morgan fingerprint density at radius 2 is 2.33 bits per heavy atom. The van der Waals surface area contributed by atoms with E-state index >= 15 is 0 Å². The van der Waals surface area contributed by atoms with Crippen LogP contribution in [0, 0.1) is 5.82 Å². The molecule has 7 heteroatoms. The van der Waals surface area contributed by atoms with E-state index in [1.54, 1.807) is 17.8 Å². The summed E-state index contributed by atoms with van der Waals surface area (Å²) in [6, 6.07) is 4.76. The second-order valence-electron chi connectivity index (χ2n) is 4.76. The minimum absolute atomic E-state index is 0. The molecular formula is C14H21FIN3OS. The highest BCUT2D eigenvalue weighted by Crippen LogP contribution is 2.22. The Labute approximate surface area is 146 Å². The summed E-state index contributed by atoms with van der Waals surface area (Å²) in [6.07, 6.45) is 2.13. The van der Waals surface area contributed by atoms with Gasteiger partial charge in [-0.3, -0.25) is 0 Å². The number of ether oxygens (including phenoxy) is 1. The largest absolute Gasteiger partial charge is 0.375 e. The first-order chi connectivity index (χ1) is 9.60. The minimum atomic E-state index is -0.244. The summed E-state index contributed by atoms with van der Waals surface area (Å²) in [6.45, 7) is 4.56. The molecule has 1 heterocycles. The average Bonchev–Trinajstić information content (AvgIpc) is 2.45. The van der Waals surface area contributed by atoms with Crippen molar-refractivity contribution in [2.75, 3.05) is 26.0 Å².